The Hall–Kier alpha value is -2.99. The van der Waals surface area contributed by atoms with E-state index in [2.05, 4.69) is 5.32 Å². The van der Waals surface area contributed by atoms with E-state index in [1.807, 2.05) is 6.92 Å². The van der Waals surface area contributed by atoms with Crippen molar-refractivity contribution in [1.82, 2.24) is 4.90 Å². The number of nitrogens with one attached hydrogen (secondary N) is 1. The molecule has 0 radical (unpaired) electrons. The maximum absolute atomic E-state index is 12.3. The van der Waals surface area contributed by atoms with Crippen molar-refractivity contribution in [3.63, 3.8) is 0 Å². The minimum atomic E-state index is -0.333. The summed E-state index contributed by atoms with van der Waals surface area (Å²) in [5, 5.41) is 3.15. The van der Waals surface area contributed by atoms with Gasteiger partial charge in [-0.15, -0.1) is 0 Å². The number of hydrogen-bond acceptors (Lipinski definition) is 4. The summed E-state index contributed by atoms with van der Waals surface area (Å²) >= 11 is 6.29. The zero-order valence-corrected chi connectivity index (χ0v) is 17.7. The second-order valence-electron chi connectivity index (χ2n) is 6.49. The van der Waals surface area contributed by atoms with Crippen molar-refractivity contribution < 1.29 is 19.1 Å². The van der Waals surface area contributed by atoms with Crippen molar-refractivity contribution in [2.45, 2.75) is 13.3 Å². The van der Waals surface area contributed by atoms with Crippen LogP contribution >= 0.6 is 11.6 Å². The molecule has 2 aromatic carbocycles. The van der Waals surface area contributed by atoms with Gasteiger partial charge in [-0.25, -0.2) is 0 Å². The van der Waals surface area contributed by atoms with Crippen LogP contribution in [0.4, 0.5) is 5.69 Å². The van der Waals surface area contributed by atoms with Gasteiger partial charge in [0.2, 0.25) is 5.91 Å². The average Bonchev–Trinajstić information content (AvgIpc) is 2.70. The van der Waals surface area contributed by atoms with Crippen LogP contribution in [0.25, 0.3) is 6.08 Å². The maximum Gasteiger partial charge on any atom is 0.253 e. The largest absolute Gasteiger partial charge is 0.493 e. The van der Waals surface area contributed by atoms with Gasteiger partial charge >= 0.3 is 0 Å². The standard InChI is InChI=1S/C22H25ClN2O4/c1-5-11-29-21-18(23)12-15(13-19(21)28-4)9-10-20(26)24-17-8-6-7-16(14-17)22(27)25(2)3/h6-10,12-14H,5,11H2,1-4H3,(H,24,26)/b10-9+. The van der Waals surface area contributed by atoms with Crippen molar-refractivity contribution in [3.8, 4) is 11.5 Å². The van der Waals surface area contributed by atoms with E-state index in [9.17, 15) is 9.59 Å². The van der Waals surface area contributed by atoms with Crippen LogP contribution in [0.15, 0.2) is 42.5 Å². The highest BCUT2D eigenvalue weighted by atomic mass is 35.5. The van der Waals surface area contributed by atoms with Gasteiger partial charge in [0.1, 0.15) is 0 Å². The number of ether oxygens (including phenoxy) is 2. The summed E-state index contributed by atoms with van der Waals surface area (Å²) < 4.78 is 11.0. The van der Waals surface area contributed by atoms with Crippen molar-refractivity contribution in [1.29, 1.82) is 0 Å². The Morgan fingerprint density at radius 1 is 1.21 bits per heavy atom. The molecule has 0 spiro atoms. The number of nitrogens with zero attached hydrogens (tertiary/aromatic N) is 1. The number of halogens is 1. The molecule has 2 aromatic rings. The zero-order chi connectivity index (χ0) is 21.4. The lowest BCUT2D eigenvalue weighted by Crippen LogP contribution is -2.21. The fourth-order valence-electron chi connectivity index (χ4n) is 2.52. The van der Waals surface area contributed by atoms with E-state index in [4.69, 9.17) is 21.1 Å². The smallest absolute Gasteiger partial charge is 0.253 e. The van der Waals surface area contributed by atoms with Gasteiger partial charge in [-0.05, 0) is 48.4 Å². The van der Waals surface area contributed by atoms with Gasteiger partial charge in [-0.3, -0.25) is 9.59 Å². The molecule has 0 unspecified atom stereocenters. The Bertz CT molecular complexity index is 910. The molecule has 2 amide bonds. The predicted octanol–water partition coefficient (Wildman–Crippen LogP) is 4.49. The second kappa shape index (κ2) is 10.5. The molecule has 0 bridgehead atoms. The zero-order valence-electron chi connectivity index (χ0n) is 17.0. The summed E-state index contributed by atoms with van der Waals surface area (Å²) in [6, 6.07) is 10.2. The fraction of sp³-hybridized carbons (Fsp3) is 0.273. The number of amides is 2. The van der Waals surface area contributed by atoms with Crippen LogP contribution in [0.2, 0.25) is 5.02 Å². The third-order valence-corrected chi connectivity index (χ3v) is 4.19. The summed E-state index contributed by atoms with van der Waals surface area (Å²) in [4.78, 5) is 25.8. The van der Waals surface area contributed by atoms with E-state index in [-0.39, 0.29) is 11.8 Å². The normalized spacial score (nSPS) is 10.7. The molecular weight excluding hydrogens is 392 g/mol. The van der Waals surface area contributed by atoms with Gasteiger partial charge in [0.05, 0.1) is 18.7 Å². The molecule has 154 valence electrons. The Kier molecular flexibility index (Phi) is 8.09. The number of hydrogen-bond donors (Lipinski definition) is 1. The van der Waals surface area contributed by atoms with Crippen molar-refractivity contribution >= 4 is 35.2 Å². The molecule has 0 atom stereocenters. The van der Waals surface area contributed by atoms with E-state index in [0.717, 1.165) is 6.42 Å². The molecule has 0 saturated carbocycles. The van der Waals surface area contributed by atoms with Gasteiger partial charge in [0, 0.05) is 31.4 Å². The Morgan fingerprint density at radius 3 is 2.62 bits per heavy atom. The predicted molar refractivity (Wildman–Crippen MR) is 116 cm³/mol. The van der Waals surface area contributed by atoms with Crippen LogP contribution in [0.5, 0.6) is 11.5 Å². The van der Waals surface area contributed by atoms with Crippen LogP contribution < -0.4 is 14.8 Å². The average molecular weight is 417 g/mol. The van der Waals surface area contributed by atoms with Crippen molar-refractivity contribution in [3.05, 3.63) is 58.6 Å². The Balaban J connectivity index is 2.12. The topological polar surface area (TPSA) is 67.9 Å². The quantitative estimate of drug-likeness (QED) is 0.644. The van der Waals surface area contributed by atoms with E-state index in [1.54, 1.807) is 56.6 Å². The minimum Gasteiger partial charge on any atom is -0.493 e. The summed E-state index contributed by atoms with van der Waals surface area (Å²) in [6.45, 7) is 2.53. The maximum atomic E-state index is 12.3. The molecule has 29 heavy (non-hydrogen) atoms. The third-order valence-electron chi connectivity index (χ3n) is 3.91. The van der Waals surface area contributed by atoms with Gasteiger partial charge in [0.25, 0.3) is 5.91 Å². The minimum absolute atomic E-state index is 0.135. The van der Waals surface area contributed by atoms with Crippen LogP contribution in [-0.4, -0.2) is 44.5 Å². The van der Waals surface area contributed by atoms with Crippen LogP contribution in [0.3, 0.4) is 0 Å². The number of carbonyl (C=O) groups is 2. The van der Waals surface area contributed by atoms with Crippen LogP contribution in [-0.2, 0) is 4.79 Å². The highest BCUT2D eigenvalue weighted by molar-refractivity contribution is 6.32. The Labute approximate surface area is 176 Å². The first-order valence-electron chi connectivity index (χ1n) is 9.16. The fourth-order valence-corrected chi connectivity index (χ4v) is 2.80. The molecule has 0 aromatic heterocycles. The SMILES string of the molecule is CCCOc1c(Cl)cc(/C=C/C(=O)Nc2cccc(C(=O)N(C)C)c2)cc1OC. The van der Waals surface area contributed by atoms with E-state index in [0.29, 0.717) is 39.9 Å². The number of methoxy groups -OCH3 is 1. The number of benzene rings is 2. The van der Waals surface area contributed by atoms with Gasteiger partial charge in [0.15, 0.2) is 11.5 Å². The molecule has 0 heterocycles. The molecule has 0 saturated heterocycles. The molecule has 1 N–H and O–H groups in total. The van der Waals surface area contributed by atoms with E-state index < -0.39 is 0 Å². The second-order valence-corrected chi connectivity index (χ2v) is 6.89. The molecule has 2 rings (SSSR count). The molecule has 0 aliphatic heterocycles. The van der Waals surface area contributed by atoms with E-state index in [1.165, 1.54) is 18.1 Å². The molecule has 6 nitrogen and oxygen atoms in total. The highest BCUT2D eigenvalue weighted by Gasteiger charge is 2.12. The first-order chi connectivity index (χ1) is 13.8. The summed E-state index contributed by atoms with van der Waals surface area (Å²) in [5.41, 5.74) is 1.73. The lowest BCUT2D eigenvalue weighted by Gasteiger charge is -2.12. The number of anilines is 1. The van der Waals surface area contributed by atoms with Crippen molar-refractivity contribution in [2.75, 3.05) is 33.1 Å². The van der Waals surface area contributed by atoms with Crippen LogP contribution in [0.1, 0.15) is 29.3 Å². The number of rotatable bonds is 8. The first kappa shape index (κ1) is 22.3. The first-order valence-corrected chi connectivity index (χ1v) is 9.54. The van der Waals surface area contributed by atoms with Crippen LogP contribution in [0, 0.1) is 0 Å². The molecule has 0 aliphatic rings. The highest BCUT2D eigenvalue weighted by Crippen LogP contribution is 2.36. The van der Waals surface area contributed by atoms with Gasteiger partial charge in [-0.2, -0.15) is 0 Å². The molecule has 7 heteroatoms. The van der Waals surface area contributed by atoms with Crippen molar-refractivity contribution in [2.24, 2.45) is 0 Å². The Morgan fingerprint density at radius 2 is 1.97 bits per heavy atom. The number of carbonyl (C=O) groups excluding carboxylic acids is 2. The lowest BCUT2D eigenvalue weighted by atomic mass is 10.1. The third kappa shape index (κ3) is 6.26. The summed E-state index contributed by atoms with van der Waals surface area (Å²) in [6.07, 6.45) is 3.86. The van der Waals surface area contributed by atoms with E-state index >= 15 is 0 Å². The molecule has 0 aliphatic carbocycles. The summed E-state index contributed by atoms with van der Waals surface area (Å²) in [7, 11) is 4.88. The van der Waals surface area contributed by atoms with Gasteiger partial charge in [-0.1, -0.05) is 24.6 Å². The molecule has 0 fully saturated rings. The molecular formula is C22H25ClN2O4. The lowest BCUT2D eigenvalue weighted by molar-refractivity contribution is -0.111. The monoisotopic (exact) mass is 416 g/mol. The van der Waals surface area contributed by atoms with Gasteiger partial charge < -0.3 is 19.7 Å². The summed E-state index contributed by atoms with van der Waals surface area (Å²) in [5.74, 6) is 0.519.